The third-order valence-corrected chi connectivity index (χ3v) is 7.12. The highest BCUT2D eigenvalue weighted by Crippen LogP contribution is 2.37. The molecule has 0 N–H and O–H groups in total. The van der Waals surface area contributed by atoms with E-state index in [1.54, 1.807) is 24.3 Å². The van der Waals surface area contributed by atoms with E-state index in [0.717, 1.165) is 22.3 Å². The molecule has 2 atom stereocenters. The van der Waals surface area contributed by atoms with Gasteiger partial charge in [-0.25, -0.2) is 0 Å². The van der Waals surface area contributed by atoms with Crippen LogP contribution in [0.2, 0.25) is 0 Å². The van der Waals surface area contributed by atoms with E-state index >= 15 is 0 Å². The van der Waals surface area contributed by atoms with Crippen LogP contribution in [-0.2, 0) is 10.8 Å². The molecule has 5 nitrogen and oxygen atoms in total. The fourth-order valence-electron chi connectivity index (χ4n) is 4.86. The van der Waals surface area contributed by atoms with E-state index < -0.39 is 10.8 Å². The van der Waals surface area contributed by atoms with Crippen molar-refractivity contribution in [1.29, 1.82) is 10.5 Å². The van der Waals surface area contributed by atoms with Gasteiger partial charge < -0.3 is 5.21 Å². The third kappa shape index (κ3) is 4.73. The molecular formula is C32H28N4O. The Morgan fingerprint density at radius 1 is 0.622 bits per heavy atom. The van der Waals surface area contributed by atoms with E-state index in [0.29, 0.717) is 29.1 Å². The predicted molar refractivity (Wildman–Crippen MR) is 145 cm³/mol. The maximum atomic E-state index is 12.8. The summed E-state index contributed by atoms with van der Waals surface area (Å²) in [4.78, 5) is 0.579. The predicted octanol–water partition coefficient (Wildman–Crippen LogP) is 8.05. The monoisotopic (exact) mass is 484 g/mol. The smallest absolute Gasteiger partial charge is 0.244 e. The van der Waals surface area contributed by atoms with Crippen molar-refractivity contribution in [3.05, 3.63) is 137 Å². The topological polar surface area (TPSA) is 86.0 Å². The Labute approximate surface area is 218 Å². The van der Waals surface area contributed by atoms with Crippen LogP contribution in [0.1, 0.15) is 48.9 Å². The number of hydrogen-bond acceptors (Lipinski definition) is 4. The first-order valence-electron chi connectivity index (χ1n) is 12.4. The number of rotatable bonds is 8. The van der Waals surface area contributed by atoms with E-state index in [1.165, 1.54) is 0 Å². The lowest BCUT2D eigenvalue weighted by atomic mass is 9.74. The van der Waals surface area contributed by atoms with E-state index in [2.05, 4.69) is 17.3 Å². The summed E-state index contributed by atoms with van der Waals surface area (Å²) in [6.07, 6.45) is 1.23. The molecule has 0 aromatic heterocycles. The van der Waals surface area contributed by atoms with Gasteiger partial charge in [-0.2, -0.15) is 10.5 Å². The summed E-state index contributed by atoms with van der Waals surface area (Å²) < 4.78 is 0. The van der Waals surface area contributed by atoms with Crippen LogP contribution in [0, 0.1) is 27.9 Å². The minimum absolute atomic E-state index is 0.369. The van der Waals surface area contributed by atoms with Gasteiger partial charge in [-0.3, -0.25) is 0 Å². The average Bonchev–Trinajstić information content (AvgIpc) is 2.97. The van der Waals surface area contributed by atoms with Crippen LogP contribution in [0.15, 0.2) is 114 Å². The molecule has 0 aliphatic carbocycles. The molecule has 2 unspecified atom stereocenters. The Morgan fingerprint density at radius 2 is 1.00 bits per heavy atom. The van der Waals surface area contributed by atoms with Gasteiger partial charge in [-0.15, -0.1) is 0 Å². The van der Waals surface area contributed by atoms with Crippen LogP contribution in [0.5, 0.6) is 0 Å². The first-order valence-corrected chi connectivity index (χ1v) is 12.4. The van der Waals surface area contributed by atoms with Crippen molar-refractivity contribution >= 4 is 11.4 Å². The molecule has 0 radical (unpaired) electrons. The summed E-state index contributed by atoms with van der Waals surface area (Å²) in [5.41, 5.74) is 2.86. The van der Waals surface area contributed by atoms with Crippen molar-refractivity contribution in [2.24, 2.45) is 5.11 Å². The van der Waals surface area contributed by atoms with Gasteiger partial charge in [0, 0.05) is 17.2 Å². The summed E-state index contributed by atoms with van der Waals surface area (Å²) in [5, 5.41) is 37.2. The maximum absolute atomic E-state index is 12.8. The molecule has 0 aliphatic rings. The average molecular weight is 485 g/mol. The van der Waals surface area contributed by atoms with Gasteiger partial charge in [0.05, 0.1) is 12.1 Å². The third-order valence-electron chi connectivity index (χ3n) is 7.12. The van der Waals surface area contributed by atoms with Gasteiger partial charge in [0.25, 0.3) is 0 Å². The number of nitrogens with zero attached hydrogens (tertiary/aromatic N) is 4. The Kier molecular flexibility index (Phi) is 7.47. The highest BCUT2D eigenvalue weighted by atomic mass is 16.5. The van der Waals surface area contributed by atoms with Gasteiger partial charge in [0.1, 0.15) is 16.5 Å². The van der Waals surface area contributed by atoms with Crippen LogP contribution >= 0.6 is 0 Å². The molecule has 0 saturated carbocycles. The van der Waals surface area contributed by atoms with Gasteiger partial charge in [-0.05, 0) is 47.2 Å². The zero-order chi connectivity index (χ0) is 26.3. The molecule has 182 valence electrons. The highest BCUT2D eigenvalue weighted by molar-refractivity contribution is 5.50. The minimum atomic E-state index is -0.786. The second-order valence-electron chi connectivity index (χ2n) is 8.94. The molecule has 0 saturated heterocycles. The first kappa shape index (κ1) is 25.4. The standard InChI is InChI=1S/C32H28N4O/c1-3-31(23-33,25-11-7-5-8-12-25)27-15-19-29(20-16-27)35-36(37)30-21-17-28(18-22-30)32(4-2,24-34)26-13-9-6-10-14-26/h5-22H,3-4H2,1-2H3. The first-order chi connectivity index (χ1) is 18.0. The van der Waals surface area contributed by atoms with Gasteiger partial charge >= 0.3 is 0 Å². The molecule has 4 aromatic rings. The molecule has 4 aromatic carbocycles. The van der Waals surface area contributed by atoms with Crippen molar-refractivity contribution in [2.45, 2.75) is 37.5 Å². The molecule has 0 amide bonds. The van der Waals surface area contributed by atoms with Gasteiger partial charge in [0.2, 0.25) is 5.69 Å². The molecule has 5 heteroatoms. The summed E-state index contributed by atoms with van der Waals surface area (Å²) in [7, 11) is 0. The Balaban J connectivity index is 1.61. The van der Waals surface area contributed by atoms with Gasteiger partial charge in [0.15, 0.2) is 0 Å². The van der Waals surface area contributed by atoms with E-state index in [1.807, 2.05) is 98.8 Å². The van der Waals surface area contributed by atoms with Crippen LogP contribution in [0.4, 0.5) is 11.4 Å². The minimum Gasteiger partial charge on any atom is -0.594 e. The fourth-order valence-corrected chi connectivity index (χ4v) is 4.86. The Hall–Kier alpha value is -4.74. The number of benzene rings is 4. The quantitative estimate of drug-likeness (QED) is 0.144. The number of azo groups is 1. The second-order valence-corrected chi connectivity index (χ2v) is 8.94. The second kappa shape index (κ2) is 10.9. The van der Waals surface area contributed by atoms with Gasteiger partial charge in [-0.1, -0.05) is 104 Å². The summed E-state index contributed by atoms with van der Waals surface area (Å²) in [6, 6.07) is 38.7. The SMILES string of the molecule is CCC(C#N)(c1ccccc1)c1ccc(N=[N+]([O-])c2ccc(C(C#N)(CC)c3ccccc3)cc2)cc1. The molecule has 4 rings (SSSR count). The molecule has 0 spiro atoms. The number of hydrogen-bond donors (Lipinski definition) is 0. The van der Waals surface area contributed by atoms with Crippen LogP contribution < -0.4 is 0 Å². The molecule has 0 heterocycles. The zero-order valence-corrected chi connectivity index (χ0v) is 21.0. The normalized spacial score (nSPS) is 14.5. The highest BCUT2D eigenvalue weighted by Gasteiger charge is 2.33. The fraction of sp³-hybridized carbons (Fsp3) is 0.188. The van der Waals surface area contributed by atoms with Crippen molar-refractivity contribution in [3.8, 4) is 12.1 Å². The molecule has 37 heavy (non-hydrogen) atoms. The summed E-state index contributed by atoms with van der Waals surface area (Å²) in [6.45, 7) is 3.98. The molecular weight excluding hydrogens is 456 g/mol. The van der Waals surface area contributed by atoms with Crippen molar-refractivity contribution in [1.82, 2.24) is 0 Å². The van der Waals surface area contributed by atoms with E-state index in [4.69, 9.17) is 0 Å². The van der Waals surface area contributed by atoms with Crippen molar-refractivity contribution in [2.75, 3.05) is 0 Å². The zero-order valence-electron chi connectivity index (χ0n) is 21.0. The molecule has 0 aliphatic heterocycles. The lowest BCUT2D eigenvalue weighted by Crippen LogP contribution is -2.24. The Morgan fingerprint density at radius 3 is 1.38 bits per heavy atom. The van der Waals surface area contributed by atoms with E-state index in [9.17, 15) is 15.7 Å². The largest absolute Gasteiger partial charge is 0.594 e. The molecule has 0 fully saturated rings. The maximum Gasteiger partial charge on any atom is 0.244 e. The van der Waals surface area contributed by atoms with Crippen LogP contribution in [0.25, 0.3) is 0 Å². The van der Waals surface area contributed by atoms with Crippen LogP contribution in [-0.4, -0.2) is 4.86 Å². The number of nitriles is 2. The summed E-state index contributed by atoms with van der Waals surface area (Å²) >= 11 is 0. The van der Waals surface area contributed by atoms with Crippen molar-refractivity contribution < 1.29 is 4.86 Å². The Bertz CT molecular complexity index is 1450. The lowest BCUT2D eigenvalue weighted by molar-refractivity contribution is -0.435. The lowest BCUT2D eigenvalue weighted by Gasteiger charge is -2.26. The summed E-state index contributed by atoms with van der Waals surface area (Å²) in [5.74, 6) is 0. The van der Waals surface area contributed by atoms with E-state index in [-0.39, 0.29) is 0 Å². The molecule has 0 bridgehead atoms. The van der Waals surface area contributed by atoms with Crippen LogP contribution in [0.3, 0.4) is 0 Å². The van der Waals surface area contributed by atoms with Crippen molar-refractivity contribution in [3.63, 3.8) is 0 Å².